The molecule has 1 rings (SSSR count). The van der Waals surface area contributed by atoms with Gasteiger partial charge in [-0.15, -0.1) is 0 Å². The molecule has 0 amide bonds. The molecular weight excluding hydrogens is 188 g/mol. The van der Waals surface area contributed by atoms with Gasteiger partial charge >= 0.3 is 0 Å². The fraction of sp³-hybridized carbons (Fsp3) is 0.538. The molecule has 0 saturated carbocycles. The van der Waals surface area contributed by atoms with E-state index in [-0.39, 0.29) is 12.7 Å². The quantitative estimate of drug-likeness (QED) is 0.806. The number of aliphatic hydroxyl groups excluding tert-OH is 1. The Bertz CT molecular complexity index is 277. The van der Waals surface area contributed by atoms with Crippen molar-refractivity contribution in [1.29, 1.82) is 0 Å². The summed E-state index contributed by atoms with van der Waals surface area (Å²) in [4.78, 5) is 0. The monoisotopic (exact) mass is 208 g/mol. The van der Waals surface area contributed by atoms with E-state index in [1.54, 1.807) is 0 Å². The highest BCUT2D eigenvalue weighted by Gasteiger charge is 2.03. The van der Waals surface area contributed by atoms with Crippen LogP contribution < -0.4 is 4.74 Å². The molecule has 1 unspecified atom stereocenters. The van der Waals surface area contributed by atoms with E-state index in [9.17, 15) is 0 Å². The lowest BCUT2D eigenvalue weighted by atomic mass is 10.0. The Hall–Kier alpha value is -1.02. The van der Waals surface area contributed by atoms with E-state index in [1.165, 1.54) is 5.56 Å². The average molecular weight is 208 g/mol. The largest absolute Gasteiger partial charge is 0.491 e. The minimum Gasteiger partial charge on any atom is -0.491 e. The molecule has 15 heavy (non-hydrogen) atoms. The molecule has 0 spiro atoms. The highest BCUT2D eigenvalue weighted by atomic mass is 16.5. The number of hydrogen-bond donors (Lipinski definition) is 1. The van der Waals surface area contributed by atoms with Crippen LogP contribution in [0.3, 0.4) is 0 Å². The zero-order valence-corrected chi connectivity index (χ0v) is 9.73. The summed E-state index contributed by atoms with van der Waals surface area (Å²) in [5.41, 5.74) is 1.32. The molecule has 0 aliphatic rings. The Balaban J connectivity index is 2.56. The lowest BCUT2D eigenvalue weighted by molar-refractivity contribution is 0.169. The minimum atomic E-state index is 0.0694. The molecular formula is C13H20O2. The number of benzene rings is 1. The molecule has 1 N–H and O–H groups in total. The summed E-state index contributed by atoms with van der Waals surface area (Å²) < 4.78 is 5.63. The van der Waals surface area contributed by atoms with Crippen LogP contribution in [0.15, 0.2) is 24.3 Å². The summed E-state index contributed by atoms with van der Waals surface area (Å²) in [6.45, 7) is 6.48. The second kappa shape index (κ2) is 5.76. The van der Waals surface area contributed by atoms with E-state index in [2.05, 4.69) is 26.0 Å². The molecule has 2 nitrogen and oxygen atoms in total. The van der Waals surface area contributed by atoms with Crippen LogP contribution >= 0.6 is 0 Å². The molecule has 0 aliphatic carbocycles. The van der Waals surface area contributed by atoms with Gasteiger partial charge in [-0.05, 0) is 30.5 Å². The summed E-state index contributed by atoms with van der Waals surface area (Å²) in [6.07, 6.45) is 0.742. The van der Waals surface area contributed by atoms with Crippen molar-refractivity contribution in [3.8, 4) is 5.75 Å². The van der Waals surface area contributed by atoms with Gasteiger partial charge in [0.1, 0.15) is 5.75 Å². The first-order valence-electron chi connectivity index (χ1n) is 5.51. The predicted molar refractivity (Wildman–Crippen MR) is 62.3 cm³/mol. The Morgan fingerprint density at radius 2 is 1.73 bits per heavy atom. The van der Waals surface area contributed by atoms with Crippen LogP contribution in [0.25, 0.3) is 0 Å². The summed E-state index contributed by atoms with van der Waals surface area (Å²) in [5, 5.41) is 8.75. The summed E-state index contributed by atoms with van der Waals surface area (Å²) in [6, 6.07) is 8.16. The van der Waals surface area contributed by atoms with Gasteiger partial charge in [0.25, 0.3) is 0 Å². The fourth-order valence-electron chi connectivity index (χ4n) is 1.40. The normalized spacial score (nSPS) is 12.9. The van der Waals surface area contributed by atoms with E-state index >= 15 is 0 Å². The van der Waals surface area contributed by atoms with Gasteiger partial charge in [-0.1, -0.05) is 26.0 Å². The van der Waals surface area contributed by atoms with Gasteiger partial charge in [0.05, 0.1) is 6.10 Å². The third-order valence-corrected chi connectivity index (χ3v) is 2.42. The Morgan fingerprint density at radius 3 is 2.20 bits per heavy atom. The third kappa shape index (κ3) is 3.92. The molecule has 84 valence electrons. The standard InChI is InChI=1S/C13H20O2/c1-10(2)12-4-6-13(7-5-12)15-11(3)8-9-14/h4-7,10-11,14H,8-9H2,1-3H3. The van der Waals surface area contributed by atoms with Gasteiger partial charge < -0.3 is 9.84 Å². The van der Waals surface area contributed by atoms with Crippen molar-refractivity contribution in [2.45, 2.75) is 39.2 Å². The molecule has 1 atom stereocenters. The van der Waals surface area contributed by atoms with E-state index in [4.69, 9.17) is 9.84 Å². The minimum absolute atomic E-state index is 0.0694. The maximum absolute atomic E-state index is 8.75. The van der Waals surface area contributed by atoms with Gasteiger partial charge in [-0.25, -0.2) is 0 Å². The first-order chi connectivity index (χ1) is 7.13. The maximum atomic E-state index is 8.75. The molecule has 0 bridgehead atoms. The zero-order chi connectivity index (χ0) is 11.3. The van der Waals surface area contributed by atoms with Crippen LogP contribution in [0.4, 0.5) is 0 Å². The van der Waals surface area contributed by atoms with Crippen molar-refractivity contribution in [2.24, 2.45) is 0 Å². The zero-order valence-electron chi connectivity index (χ0n) is 9.73. The lowest BCUT2D eigenvalue weighted by Crippen LogP contribution is -2.13. The molecule has 0 radical (unpaired) electrons. The van der Waals surface area contributed by atoms with E-state index < -0.39 is 0 Å². The second-order valence-corrected chi connectivity index (χ2v) is 4.16. The molecule has 1 aromatic carbocycles. The van der Waals surface area contributed by atoms with Crippen LogP contribution in [-0.2, 0) is 0 Å². The van der Waals surface area contributed by atoms with Crippen LogP contribution in [0.2, 0.25) is 0 Å². The molecule has 2 heteroatoms. The van der Waals surface area contributed by atoms with Crippen molar-refractivity contribution in [3.63, 3.8) is 0 Å². The molecule has 0 fully saturated rings. The number of rotatable bonds is 5. The van der Waals surface area contributed by atoms with Crippen LogP contribution in [0.1, 0.15) is 38.7 Å². The van der Waals surface area contributed by atoms with Gasteiger partial charge in [-0.3, -0.25) is 0 Å². The van der Waals surface area contributed by atoms with Gasteiger partial charge in [0.2, 0.25) is 0 Å². The molecule has 1 aromatic rings. The summed E-state index contributed by atoms with van der Waals surface area (Å²) >= 11 is 0. The molecule has 0 aromatic heterocycles. The van der Waals surface area contributed by atoms with Crippen molar-refractivity contribution in [2.75, 3.05) is 6.61 Å². The predicted octanol–water partition coefficient (Wildman–Crippen LogP) is 2.96. The summed E-state index contributed by atoms with van der Waals surface area (Å²) in [7, 11) is 0. The SMILES string of the molecule is CC(CCO)Oc1ccc(C(C)C)cc1. The Morgan fingerprint density at radius 1 is 1.13 bits per heavy atom. The smallest absolute Gasteiger partial charge is 0.119 e. The Labute approximate surface area is 91.9 Å². The van der Waals surface area contributed by atoms with Crippen LogP contribution in [0, 0.1) is 0 Å². The number of hydrogen-bond acceptors (Lipinski definition) is 2. The molecule has 0 heterocycles. The topological polar surface area (TPSA) is 29.5 Å². The summed E-state index contributed by atoms with van der Waals surface area (Å²) in [5.74, 6) is 1.43. The van der Waals surface area contributed by atoms with Gasteiger partial charge in [0.15, 0.2) is 0 Å². The third-order valence-electron chi connectivity index (χ3n) is 2.42. The van der Waals surface area contributed by atoms with E-state index in [0.29, 0.717) is 12.3 Å². The number of aliphatic hydroxyl groups is 1. The first-order valence-corrected chi connectivity index (χ1v) is 5.51. The van der Waals surface area contributed by atoms with Crippen molar-refractivity contribution < 1.29 is 9.84 Å². The van der Waals surface area contributed by atoms with E-state index in [0.717, 1.165) is 5.75 Å². The van der Waals surface area contributed by atoms with Gasteiger partial charge in [-0.2, -0.15) is 0 Å². The lowest BCUT2D eigenvalue weighted by Gasteiger charge is -2.14. The number of ether oxygens (including phenoxy) is 1. The second-order valence-electron chi connectivity index (χ2n) is 4.16. The highest BCUT2D eigenvalue weighted by molar-refractivity contribution is 5.28. The first kappa shape index (κ1) is 12.1. The van der Waals surface area contributed by atoms with E-state index in [1.807, 2.05) is 19.1 Å². The maximum Gasteiger partial charge on any atom is 0.119 e. The van der Waals surface area contributed by atoms with Crippen LogP contribution in [-0.4, -0.2) is 17.8 Å². The fourth-order valence-corrected chi connectivity index (χ4v) is 1.40. The van der Waals surface area contributed by atoms with Crippen molar-refractivity contribution >= 4 is 0 Å². The van der Waals surface area contributed by atoms with Gasteiger partial charge in [0, 0.05) is 13.0 Å². The average Bonchev–Trinajstić information content (AvgIpc) is 2.18. The highest BCUT2D eigenvalue weighted by Crippen LogP contribution is 2.19. The Kier molecular flexibility index (Phi) is 4.63. The van der Waals surface area contributed by atoms with Crippen molar-refractivity contribution in [1.82, 2.24) is 0 Å². The van der Waals surface area contributed by atoms with Crippen molar-refractivity contribution in [3.05, 3.63) is 29.8 Å². The van der Waals surface area contributed by atoms with Crippen LogP contribution in [0.5, 0.6) is 5.75 Å². The molecule has 0 saturated heterocycles. The molecule has 0 aliphatic heterocycles.